The van der Waals surface area contributed by atoms with Gasteiger partial charge in [-0.1, -0.05) is 30.3 Å². The van der Waals surface area contributed by atoms with Crippen molar-refractivity contribution < 1.29 is 9.90 Å². The molecule has 4 nitrogen and oxygen atoms in total. The quantitative estimate of drug-likeness (QED) is 0.853. The maximum atomic E-state index is 11.4. The summed E-state index contributed by atoms with van der Waals surface area (Å²) in [5, 5.41) is 9.17. The predicted octanol–water partition coefficient (Wildman–Crippen LogP) is 1.75. The molecular formula is C13H11NO3. The molecule has 2 aromatic rings. The Hall–Kier alpha value is -2.36. The SMILES string of the molecule is Cn1c(C(=O)O)c(-c2ccccc2)ccc1=O. The zero-order valence-electron chi connectivity index (χ0n) is 9.25. The molecule has 2 rings (SSSR count). The third kappa shape index (κ3) is 1.97. The van der Waals surface area contributed by atoms with E-state index < -0.39 is 5.97 Å². The van der Waals surface area contributed by atoms with Gasteiger partial charge in [-0.3, -0.25) is 4.79 Å². The van der Waals surface area contributed by atoms with Crippen LogP contribution in [-0.2, 0) is 7.05 Å². The van der Waals surface area contributed by atoms with Gasteiger partial charge in [0, 0.05) is 18.7 Å². The lowest BCUT2D eigenvalue weighted by Crippen LogP contribution is -2.23. The highest BCUT2D eigenvalue weighted by atomic mass is 16.4. The Bertz CT molecular complexity index is 614. The average Bonchev–Trinajstić information content (AvgIpc) is 2.33. The molecular weight excluding hydrogens is 218 g/mol. The van der Waals surface area contributed by atoms with E-state index in [2.05, 4.69) is 0 Å². The Morgan fingerprint density at radius 2 is 1.76 bits per heavy atom. The van der Waals surface area contributed by atoms with Gasteiger partial charge in [0.15, 0.2) is 0 Å². The first kappa shape index (κ1) is 11.1. The molecule has 0 aliphatic carbocycles. The highest BCUT2D eigenvalue weighted by Crippen LogP contribution is 2.21. The molecule has 1 N–H and O–H groups in total. The molecule has 0 bridgehead atoms. The molecule has 0 saturated heterocycles. The normalized spacial score (nSPS) is 10.2. The summed E-state index contributed by atoms with van der Waals surface area (Å²) in [6.45, 7) is 0. The molecule has 1 aromatic heterocycles. The van der Waals surface area contributed by atoms with Crippen LogP contribution in [0.3, 0.4) is 0 Å². The number of carbonyl (C=O) groups is 1. The van der Waals surface area contributed by atoms with Crippen LogP contribution in [0.5, 0.6) is 0 Å². The van der Waals surface area contributed by atoms with E-state index in [9.17, 15) is 14.7 Å². The van der Waals surface area contributed by atoms with Gasteiger partial charge in [0.2, 0.25) is 0 Å². The highest BCUT2D eigenvalue weighted by molar-refractivity contribution is 5.94. The van der Waals surface area contributed by atoms with Crippen LogP contribution in [0.1, 0.15) is 10.5 Å². The van der Waals surface area contributed by atoms with Crippen molar-refractivity contribution in [1.82, 2.24) is 4.57 Å². The molecule has 0 spiro atoms. The van der Waals surface area contributed by atoms with E-state index in [-0.39, 0.29) is 11.3 Å². The fourth-order valence-corrected chi connectivity index (χ4v) is 1.75. The molecule has 4 heteroatoms. The lowest BCUT2D eigenvalue weighted by atomic mass is 10.0. The summed E-state index contributed by atoms with van der Waals surface area (Å²) >= 11 is 0. The summed E-state index contributed by atoms with van der Waals surface area (Å²) in [5.74, 6) is -1.11. The van der Waals surface area contributed by atoms with Crippen molar-refractivity contribution in [3.8, 4) is 11.1 Å². The van der Waals surface area contributed by atoms with Gasteiger partial charge in [-0.15, -0.1) is 0 Å². The van der Waals surface area contributed by atoms with Crippen LogP contribution in [0, 0.1) is 0 Å². The zero-order chi connectivity index (χ0) is 12.4. The second-order valence-corrected chi connectivity index (χ2v) is 3.66. The number of aromatic carboxylic acids is 1. The van der Waals surface area contributed by atoms with Crippen LogP contribution in [0.4, 0.5) is 0 Å². The van der Waals surface area contributed by atoms with Gasteiger partial charge >= 0.3 is 5.97 Å². The molecule has 1 aromatic carbocycles. The van der Waals surface area contributed by atoms with E-state index in [0.717, 1.165) is 10.1 Å². The summed E-state index contributed by atoms with van der Waals surface area (Å²) in [4.78, 5) is 22.6. The number of pyridine rings is 1. The topological polar surface area (TPSA) is 59.3 Å². The van der Waals surface area contributed by atoms with Crippen LogP contribution in [0.15, 0.2) is 47.3 Å². The molecule has 17 heavy (non-hydrogen) atoms. The fourth-order valence-electron chi connectivity index (χ4n) is 1.75. The van der Waals surface area contributed by atoms with E-state index in [1.165, 1.54) is 13.1 Å². The number of hydrogen-bond acceptors (Lipinski definition) is 2. The van der Waals surface area contributed by atoms with E-state index in [4.69, 9.17) is 0 Å². The van der Waals surface area contributed by atoms with Gasteiger partial charge in [0.05, 0.1) is 0 Å². The summed E-state index contributed by atoms with van der Waals surface area (Å²) < 4.78 is 1.14. The number of aromatic nitrogens is 1. The molecule has 1 heterocycles. The first-order chi connectivity index (χ1) is 8.11. The van der Waals surface area contributed by atoms with Gasteiger partial charge in [0.25, 0.3) is 5.56 Å². The van der Waals surface area contributed by atoms with Gasteiger partial charge in [-0.25, -0.2) is 4.79 Å². The first-order valence-electron chi connectivity index (χ1n) is 5.10. The summed E-state index contributed by atoms with van der Waals surface area (Å²) in [6, 6.07) is 12.0. The Labute approximate surface area is 97.8 Å². The summed E-state index contributed by atoms with van der Waals surface area (Å²) in [6.07, 6.45) is 0. The number of hydrogen-bond donors (Lipinski definition) is 1. The molecule has 0 radical (unpaired) electrons. The number of carboxylic acids is 1. The van der Waals surface area contributed by atoms with E-state index in [1.54, 1.807) is 6.07 Å². The van der Waals surface area contributed by atoms with Crippen molar-refractivity contribution in [1.29, 1.82) is 0 Å². The smallest absolute Gasteiger partial charge is 0.353 e. The summed E-state index contributed by atoms with van der Waals surface area (Å²) in [5.41, 5.74) is 0.992. The first-order valence-corrected chi connectivity index (χ1v) is 5.10. The van der Waals surface area contributed by atoms with Crippen molar-refractivity contribution in [3.63, 3.8) is 0 Å². The maximum Gasteiger partial charge on any atom is 0.353 e. The Morgan fingerprint density at radius 1 is 1.12 bits per heavy atom. The summed E-state index contributed by atoms with van der Waals surface area (Å²) in [7, 11) is 1.46. The molecule has 0 amide bonds. The van der Waals surface area contributed by atoms with E-state index in [0.29, 0.717) is 5.56 Å². The maximum absolute atomic E-state index is 11.4. The van der Waals surface area contributed by atoms with E-state index >= 15 is 0 Å². The van der Waals surface area contributed by atoms with Crippen LogP contribution in [0.25, 0.3) is 11.1 Å². The predicted molar refractivity (Wildman–Crippen MR) is 64.1 cm³/mol. The Balaban J connectivity index is 2.75. The monoisotopic (exact) mass is 229 g/mol. The zero-order valence-corrected chi connectivity index (χ0v) is 9.25. The van der Waals surface area contributed by atoms with Crippen molar-refractivity contribution in [2.75, 3.05) is 0 Å². The van der Waals surface area contributed by atoms with Crippen molar-refractivity contribution in [3.05, 3.63) is 58.5 Å². The second kappa shape index (κ2) is 4.25. The minimum Gasteiger partial charge on any atom is -0.477 e. The van der Waals surface area contributed by atoms with Crippen LogP contribution in [0.2, 0.25) is 0 Å². The van der Waals surface area contributed by atoms with Gasteiger partial charge in [-0.05, 0) is 11.6 Å². The minimum absolute atomic E-state index is 0.00343. The molecule has 0 aliphatic heterocycles. The largest absolute Gasteiger partial charge is 0.477 e. The standard InChI is InChI=1S/C13H11NO3/c1-14-11(15)8-7-10(12(14)13(16)17)9-5-3-2-4-6-9/h2-8H,1H3,(H,16,17). The molecule has 0 atom stereocenters. The third-order valence-corrected chi connectivity index (χ3v) is 2.60. The lowest BCUT2D eigenvalue weighted by Gasteiger charge is -2.09. The molecule has 0 aliphatic rings. The van der Waals surface area contributed by atoms with Gasteiger partial charge in [-0.2, -0.15) is 0 Å². The minimum atomic E-state index is -1.11. The Morgan fingerprint density at radius 3 is 2.35 bits per heavy atom. The highest BCUT2D eigenvalue weighted by Gasteiger charge is 2.15. The molecule has 86 valence electrons. The van der Waals surface area contributed by atoms with Gasteiger partial charge in [0.1, 0.15) is 5.69 Å². The van der Waals surface area contributed by atoms with Crippen molar-refractivity contribution >= 4 is 5.97 Å². The van der Waals surface area contributed by atoms with Crippen molar-refractivity contribution in [2.45, 2.75) is 0 Å². The van der Waals surface area contributed by atoms with Crippen molar-refractivity contribution in [2.24, 2.45) is 7.05 Å². The number of nitrogens with zero attached hydrogens (tertiary/aromatic N) is 1. The number of carboxylic acid groups (broad SMARTS) is 1. The van der Waals surface area contributed by atoms with E-state index in [1.807, 2.05) is 30.3 Å². The molecule has 0 unspecified atom stereocenters. The molecule has 0 fully saturated rings. The number of rotatable bonds is 2. The average molecular weight is 229 g/mol. The fraction of sp³-hybridized carbons (Fsp3) is 0.0769. The second-order valence-electron chi connectivity index (χ2n) is 3.66. The van der Waals surface area contributed by atoms with Crippen LogP contribution < -0.4 is 5.56 Å². The van der Waals surface area contributed by atoms with Crippen LogP contribution in [-0.4, -0.2) is 15.6 Å². The van der Waals surface area contributed by atoms with Gasteiger partial charge < -0.3 is 9.67 Å². The third-order valence-electron chi connectivity index (χ3n) is 2.60. The number of benzene rings is 1. The molecule has 0 saturated carbocycles. The lowest BCUT2D eigenvalue weighted by molar-refractivity contribution is 0.0686. The van der Waals surface area contributed by atoms with Crippen LogP contribution >= 0.6 is 0 Å². The Kier molecular flexibility index (Phi) is 2.78.